The van der Waals surface area contributed by atoms with Gasteiger partial charge in [-0.1, -0.05) is 0 Å². The summed E-state index contributed by atoms with van der Waals surface area (Å²) in [5.74, 6) is -0.241. The van der Waals surface area contributed by atoms with Gasteiger partial charge >= 0.3 is 0 Å². The van der Waals surface area contributed by atoms with E-state index in [2.05, 4.69) is 10.3 Å². The fraction of sp³-hybridized carbons (Fsp3) is 0.500. The quantitative estimate of drug-likeness (QED) is 0.832. The molecular weight excluding hydrogens is 238 g/mol. The number of hydrogen-bond acceptors (Lipinski definition) is 2. The van der Waals surface area contributed by atoms with Gasteiger partial charge in [0.2, 0.25) is 0 Å². The molecule has 0 spiro atoms. The summed E-state index contributed by atoms with van der Waals surface area (Å²) >= 11 is 0. The number of nitrogens with one attached hydrogen (secondary N) is 1. The van der Waals surface area contributed by atoms with E-state index in [1.54, 1.807) is 6.07 Å². The van der Waals surface area contributed by atoms with Crippen LogP contribution in [-0.2, 0) is 0 Å². The molecule has 0 aromatic carbocycles. The number of aryl methyl sites for hydroxylation is 1. The summed E-state index contributed by atoms with van der Waals surface area (Å²) in [5, 5.41) is 3.33. The highest BCUT2D eigenvalue weighted by Gasteiger charge is 2.18. The van der Waals surface area contributed by atoms with E-state index < -0.39 is 0 Å². The normalized spacial score (nSPS) is 19.2. The fourth-order valence-corrected chi connectivity index (χ4v) is 1.83. The second kappa shape index (κ2) is 6.26. The molecular formula is C10H15Cl2FN2. The maximum atomic E-state index is 12.9. The minimum absolute atomic E-state index is 0. The Morgan fingerprint density at radius 3 is 2.80 bits per heavy atom. The highest BCUT2D eigenvalue weighted by molar-refractivity contribution is 5.85. The van der Waals surface area contributed by atoms with Crippen LogP contribution in [0.25, 0.3) is 0 Å². The highest BCUT2D eigenvalue weighted by atomic mass is 35.5. The van der Waals surface area contributed by atoms with Gasteiger partial charge < -0.3 is 5.32 Å². The SMILES string of the molecule is Cc1ncc(F)cc1C1CCCN1.Cl.Cl. The van der Waals surface area contributed by atoms with Crippen molar-refractivity contribution in [3.05, 3.63) is 29.3 Å². The smallest absolute Gasteiger partial charge is 0.141 e. The van der Waals surface area contributed by atoms with E-state index in [4.69, 9.17) is 0 Å². The first-order valence-electron chi connectivity index (χ1n) is 4.63. The van der Waals surface area contributed by atoms with Crippen LogP contribution in [0, 0.1) is 12.7 Å². The van der Waals surface area contributed by atoms with Crippen LogP contribution in [0.2, 0.25) is 0 Å². The summed E-state index contributed by atoms with van der Waals surface area (Å²) in [7, 11) is 0. The molecule has 0 bridgehead atoms. The second-order valence-corrected chi connectivity index (χ2v) is 3.48. The molecule has 2 nitrogen and oxygen atoms in total. The van der Waals surface area contributed by atoms with Crippen LogP contribution in [-0.4, -0.2) is 11.5 Å². The summed E-state index contributed by atoms with van der Waals surface area (Å²) < 4.78 is 12.9. The van der Waals surface area contributed by atoms with Crippen molar-refractivity contribution in [1.82, 2.24) is 10.3 Å². The molecule has 86 valence electrons. The standard InChI is InChI=1S/C10H13FN2.2ClH/c1-7-9(5-8(11)6-13-7)10-3-2-4-12-10;;/h5-6,10,12H,2-4H2,1H3;2*1H. The van der Waals surface area contributed by atoms with Crippen LogP contribution < -0.4 is 5.32 Å². The summed E-state index contributed by atoms with van der Waals surface area (Å²) in [6.45, 7) is 2.95. The molecule has 0 saturated carbocycles. The molecule has 1 aromatic heterocycles. The number of hydrogen-bond donors (Lipinski definition) is 1. The van der Waals surface area contributed by atoms with E-state index in [0.29, 0.717) is 6.04 Å². The van der Waals surface area contributed by atoms with Gasteiger partial charge in [-0.15, -0.1) is 24.8 Å². The van der Waals surface area contributed by atoms with Gasteiger partial charge in [0.25, 0.3) is 0 Å². The minimum atomic E-state index is -0.241. The summed E-state index contributed by atoms with van der Waals surface area (Å²) in [5.41, 5.74) is 1.94. The molecule has 0 amide bonds. The average Bonchev–Trinajstić information content (AvgIpc) is 2.61. The number of pyridine rings is 1. The van der Waals surface area contributed by atoms with Gasteiger partial charge in [0.1, 0.15) is 5.82 Å². The van der Waals surface area contributed by atoms with E-state index in [1.807, 2.05) is 6.92 Å². The van der Waals surface area contributed by atoms with E-state index in [-0.39, 0.29) is 30.6 Å². The average molecular weight is 253 g/mol. The predicted molar refractivity (Wildman–Crippen MR) is 63.4 cm³/mol. The maximum Gasteiger partial charge on any atom is 0.141 e. The zero-order valence-electron chi connectivity index (χ0n) is 8.50. The second-order valence-electron chi connectivity index (χ2n) is 3.48. The lowest BCUT2D eigenvalue weighted by Gasteiger charge is -2.12. The molecule has 1 N–H and O–H groups in total. The molecule has 2 rings (SSSR count). The van der Waals surface area contributed by atoms with Gasteiger partial charge in [-0.05, 0) is 37.9 Å². The molecule has 1 aliphatic heterocycles. The third-order valence-electron chi connectivity index (χ3n) is 2.53. The van der Waals surface area contributed by atoms with Gasteiger partial charge in [0.15, 0.2) is 0 Å². The van der Waals surface area contributed by atoms with Crippen LogP contribution >= 0.6 is 24.8 Å². The molecule has 1 saturated heterocycles. The van der Waals surface area contributed by atoms with Crippen LogP contribution in [0.4, 0.5) is 4.39 Å². The van der Waals surface area contributed by atoms with E-state index >= 15 is 0 Å². The number of nitrogens with zero attached hydrogens (tertiary/aromatic N) is 1. The fourth-order valence-electron chi connectivity index (χ4n) is 1.83. The Labute approximate surface area is 101 Å². The predicted octanol–water partition coefficient (Wildman–Crippen LogP) is 2.80. The zero-order chi connectivity index (χ0) is 9.26. The Balaban J connectivity index is 0.000000980. The summed E-state index contributed by atoms with van der Waals surface area (Å²) in [6.07, 6.45) is 3.53. The Morgan fingerprint density at radius 1 is 1.47 bits per heavy atom. The largest absolute Gasteiger partial charge is 0.310 e. The molecule has 15 heavy (non-hydrogen) atoms. The summed E-state index contributed by atoms with van der Waals surface area (Å²) in [4.78, 5) is 4.01. The van der Waals surface area contributed by atoms with Crippen molar-refractivity contribution in [3.63, 3.8) is 0 Å². The highest BCUT2D eigenvalue weighted by Crippen LogP contribution is 2.24. The van der Waals surface area contributed by atoms with Crippen molar-refractivity contribution in [2.24, 2.45) is 0 Å². The molecule has 5 heteroatoms. The third kappa shape index (κ3) is 3.30. The lowest BCUT2D eigenvalue weighted by Crippen LogP contribution is -2.14. The topological polar surface area (TPSA) is 24.9 Å². The van der Waals surface area contributed by atoms with E-state index in [9.17, 15) is 4.39 Å². The lowest BCUT2D eigenvalue weighted by molar-refractivity contribution is 0.594. The third-order valence-corrected chi connectivity index (χ3v) is 2.53. The Kier molecular flexibility index (Phi) is 6.10. The van der Waals surface area contributed by atoms with Crippen LogP contribution in [0.3, 0.4) is 0 Å². The van der Waals surface area contributed by atoms with Crippen molar-refractivity contribution in [3.8, 4) is 0 Å². The number of aromatic nitrogens is 1. The van der Waals surface area contributed by atoms with Crippen molar-refractivity contribution in [2.45, 2.75) is 25.8 Å². The Morgan fingerprint density at radius 2 is 2.20 bits per heavy atom. The molecule has 1 fully saturated rings. The summed E-state index contributed by atoms with van der Waals surface area (Å²) in [6, 6.07) is 1.90. The van der Waals surface area contributed by atoms with E-state index in [1.165, 1.54) is 12.6 Å². The molecule has 1 unspecified atom stereocenters. The molecule has 2 heterocycles. The van der Waals surface area contributed by atoms with Crippen molar-refractivity contribution < 1.29 is 4.39 Å². The van der Waals surface area contributed by atoms with Gasteiger partial charge in [0, 0.05) is 11.7 Å². The van der Waals surface area contributed by atoms with Crippen LogP contribution in [0.5, 0.6) is 0 Å². The first kappa shape index (κ1) is 14.6. The first-order chi connectivity index (χ1) is 6.27. The Bertz CT molecular complexity index is 314. The van der Waals surface area contributed by atoms with Crippen molar-refractivity contribution in [2.75, 3.05) is 6.54 Å². The van der Waals surface area contributed by atoms with Crippen LogP contribution in [0.1, 0.15) is 30.1 Å². The monoisotopic (exact) mass is 252 g/mol. The molecule has 1 aromatic rings. The van der Waals surface area contributed by atoms with Gasteiger partial charge in [-0.3, -0.25) is 4.98 Å². The molecule has 0 radical (unpaired) electrons. The lowest BCUT2D eigenvalue weighted by atomic mass is 10.0. The maximum absolute atomic E-state index is 12.9. The first-order valence-corrected chi connectivity index (χ1v) is 4.63. The van der Waals surface area contributed by atoms with Gasteiger partial charge in [-0.25, -0.2) is 4.39 Å². The molecule has 1 atom stereocenters. The van der Waals surface area contributed by atoms with Gasteiger partial charge in [-0.2, -0.15) is 0 Å². The van der Waals surface area contributed by atoms with E-state index in [0.717, 1.165) is 24.2 Å². The van der Waals surface area contributed by atoms with Crippen molar-refractivity contribution in [1.29, 1.82) is 0 Å². The molecule has 0 aliphatic carbocycles. The van der Waals surface area contributed by atoms with Gasteiger partial charge in [0.05, 0.1) is 6.20 Å². The number of halogens is 3. The Hall–Kier alpha value is -0.380. The minimum Gasteiger partial charge on any atom is -0.310 e. The zero-order valence-corrected chi connectivity index (χ0v) is 10.1. The number of rotatable bonds is 1. The molecule has 1 aliphatic rings. The van der Waals surface area contributed by atoms with Crippen molar-refractivity contribution >= 4 is 24.8 Å². The van der Waals surface area contributed by atoms with Crippen LogP contribution in [0.15, 0.2) is 12.3 Å².